The Morgan fingerprint density at radius 2 is 1.64 bits per heavy atom. The summed E-state index contributed by atoms with van der Waals surface area (Å²) >= 11 is 1.51. The molecule has 3 aliphatic rings. The van der Waals surface area contributed by atoms with E-state index in [0.29, 0.717) is 11.8 Å². The van der Waals surface area contributed by atoms with Crippen LogP contribution in [0.25, 0.3) is 0 Å². The molecule has 0 bridgehead atoms. The van der Waals surface area contributed by atoms with Crippen molar-refractivity contribution in [1.82, 2.24) is 14.7 Å². The minimum atomic E-state index is 0.0231. The quantitative estimate of drug-likeness (QED) is 0.775. The minimum Gasteiger partial charge on any atom is -0.341 e. The summed E-state index contributed by atoms with van der Waals surface area (Å²) < 4.78 is 0. The van der Waals surface area contributed by atoms with E-state index in [1.807, 2.05) is 22.4 Å². The highest BCUT2D eigenvalue weighted by atomic mass is 32.1. The molecule has 0 aromatic carbocycles. The zero-order valence-corrected chi connectivity index (χ0v) is 17.8. The standard InChI is InChI=1S/C22H33N3O2S/c1-17-8-10-24(11-9-17)22(27)20(18-5-2-3-6-18)23-12-14-25(15-13-23)21(26)19-7-4-16-28-19/h4,7,16-18,20H,2-3,5-6,8-15H2,1H3/t20-/m0/s1. The molecule has 0 unspecified atom stereocenters. The molecule has 3 heterocycles. The topological polar surface area (TPSA) is 43.9 Å². The number of piperidine rings is 1. The summed E-state index contributed by atoms with van der Waals surface area (Å²) in [5.74, 6) is 1.73. The molecular formula is C22H33N3O2S. The van der Waals surface area contributed by atoms with Crippen molar-refractivity contribution in [3.05, 3.63) is 22.4 Å². The van der Waals surface area contributed by atoms with Crippen molar-refractivity contribution in [1.29, 1.82) is 0 Å². The van der Waals surface area contributed by atoms with Crippen LogP contribution in [0.4, 0.5) is 0 Å². The third-order valence-electron chi connectivity index (χ3n) is 6.92. The maximum atomic E-state index is 13.5. The van der Waals surface area contributed by atoms with E-state index in [0.717, 1.165) is 62.9 Å². The van der Waals surface area contributed by atoms with E-state index >= 15 is 0 Å². The molecule has 0 spiro atoms. The lowest BCUT2D eigenvalue weighted by Crippen LogP contribution is -2.59. The highest BCUT2D eigenvalue weighted by Gasteiger charge is 2.39. The molecule has 3 fully saturated rings. The summed E-state index contributed by atoms with van der Waals surface area (Å²) in [7, 11) is 0. The van der Waals surface area contributed by atoms with E-state index in [4.69, 9.17) is 0 Å². The van der Waals surface area contributed by atoms with Crippen molar-refractivity contribution in [3.63, 3.8) is 0 Å². The molecule has 2 amide bonds. The summed E-state index contributed by atoms with van der Waals surface area (Å²) in [5.41, 5.74) is 0. The fourth-order valence-corrected chi connectivity index (χ4v) is 5.80. The third kappa shape index (κ3) is 4.28. The number of thiophene rings is 1. The fourth-order valence-electron chi connectivity index (χ4n) is 5.10. The van der Waals surface area contributed by atoms with Crippen molar-refractivity contribution >= 4 is 23.2 Å². The van der Waals surface area contributed by atoms with Crippen molar-refractivity contribution in [2.45, 2.75) is 51.5 Å². The molecule has 2 saturated heterocycles. The summed E-state index contributed by atoms with van der Waals surface area (Å²) in [6, 6.07) is 3.86. The lowest BCUT2D eigenvalue weighted by atomic mass is 9.92. The second-order valence-electron chi connectivity index (χ2n) is 8.80. The summed E-state index contributed by atoms with van der Waals surface area (Å²) in [4.78, 5) is 33.5. The van der Waals surface area contributed by atoms with E-state index in [-0.39, 0.29) is 11.9 Å². The van der Waals surface area contributed by atoms with Crippen LogP contribution in [0.15, 0.2) is 17.5 Å². The number of carbonyl (C=O) groups excluding carboxylic acids is 2. The van der Waals surface area contributed by atoms with Gasteiger partial charge < -0.3 is 9.80 Å². The first-order valence-electron chi connectivity index (χ1n) is 11.0. The molecule has 28 heavy (non-hydrogen) atoms. The SMILES string of the molecule is CC1CCN(C(=O)[C@H](C2CCCC2)N2CCN(C(=O)c3cccs3)CC2)CC1. The molecule has 0 radical (unpaired) electrons. The van der Waals surface area contributed by atoms with Crippen LogP contribution >= 0.6 is 11.3 Å². The van der Waals surface area contributed by atoms with Gasteiger partial charge in [0.15, 0.2) is 0 Å². The smallest absolute Gasteiger partial charge is 0.264 e. The minimum absolute atomic E-state index is 0.0231. The first kappa shape index (κ1) is 19.9. The number of hydrogen-bond acceptors (Lipinski definition) is 4. The Kier molecular flexibility index (Phi) is 6.36. The molecule has 1 atom stereocenters. The van der Waals surface area contributed by atoms with E-state index in [1.54, 1.807) is 0 Å². The van der Waals surface area contributed by atoms with Gasteiger partial charge >= 0.3 is 0 Å². The van der Waals surface area contributed by atoms with Crippen molar-refractivity contribution < 1.29 is 9.59 Å². The normalized spacial score (nSPS) is 23.9. The lowest BCUT2D eigenvalue weighted by molar-refractivity contribution is -0.141. The van der Waals surface area contributed by atoms with Gasteiger partial charge in [-0.1, -0.05) is 25.8 Å². The molecule has 1 aliphatic carbocycles. The molecule has 1 saturated carbocycles. The zero-order chi connectivity index (χ0) is 19.5. The number of carbonyl (C=O) groups is 2. The van der Waals surface area contributed by atoms with E-state index in [1.165, 1.54) is 37.0 Å². The maximum absolute atomic E-state index is 13.5. The maximum Gasteiger partial charge on any atom is 0.264 e. The van der Waals surface area contributed by atoms with Crippen molar-refractivity contribution in [2.24, 2.45) is 11.8 Å². The van der Waals surface area contributed by atoms with Gasteiger partial charge in [0.1, 0.15) is 0 Å². The Hall–Kier alpha value is -1.40. The van der Waals surface area contributed by atoms with Gasteiger partial charge in [-0.05, 0) is 49.0 Å². The summed E-state index contributed by atoms with van der Waals surface area (Å²) in [5, 5.41) is 1.96. The Labute approximate surface area is 172 Å². The predicted molar refractivity (Wildman–Crippen MR) is 113 cm³/mol. The van der Waals surface area contributed by atoms with Crippen LogP contribution in [0.3, 0.4) is 0 Å². The molecule has 1 aromatic heterocycles. The van der Waals surface area contributed by atoms with Gasteiger partial charge in [-0.25, -0.2) is 0 Å². The molecule has 1 aromatic rings. The first-order chi connectivity index (χ1) is 13.6. The predicted octanol–water partition coefficient (Wildman–Crippen LogP) is 3.32. The van der Waals surface area contributed by atoms with Crippen molar-refractivity contribution in [3.8, 4) is 0 Å². The number of amides is 2. The van der Waals surface area contributed by atoms with E-state index < -0.39 is 0 Å². The van der Waals surface area contributed by atoms with Gasteiger partial charge in [0.2, 0.25) is 5.91 Å². The largest absolute Gasteiger partial charge is 0.341 e. The third-order valence-corrected chi connectivity index (χ3v) is 7.78. The monoisotopic (exact) mass is 403 g/mol. The highest BCUT2D eigenvalue weighted by Crippen LogP contribution is 2.33. The van der Waals surface area contributed by atoms with Gasteiger partial charge in [0, 0.05) is 39.3 Å². The Morgan fingerprint density at radius 3 is 2.25 bits per heavy atom. The number of likely N-dealkylation sites (tertiary alicyclic amines) is 1. The van der Waals surface area contributed by atoms with Crippen molar-refractivity contribution in [2.75, 3.05) is 39.3 Å². The van der Waals surface area contributed by atoms with Crippen LogP contribution in [0.2, 0.25) is 0 Å². The average molecular weight is 404 g/mol. The Morgan fingerprint density at radius 1 is 0.964 bits per heavy atom. The summed E-state index contributed by atoms with van der Waals surface area (Å²) in [6.07, 6.45) is 7.12. The molecule has 154 valence electrons. The number of piperazine rings is 1. The van der Waals surface area contributed by atoms with Crippen LogP contribution in [-0.2, 0) is 4.79 Å². The summed E-state index contributed by atoms with van der Waals surface area (Å²) in [6.45, 7) is 7.21. The zero-order valence-electron chi connectivity index (χ0n) is 17.0. The number of rotatable bonds is 4. The van der Waals surface area contributed by atoms with Crippen LogP contribution < -0.4 is 0 Å². The molecule has 6 heteroatoms. The van der Waals surface area contributed by atoms with Gasteiger partial charge in [-0.3, -0.25) is 14.5 Å². The lowest BCUT2D eigenvalue weighted by Gasteiger charge is -2.43. The average Bonchev–Trinajstić information content (AvgIpc) is 3.43. The molecule has 2 aliphatic heterocycles. The Balaban J connectivity index is 1.41. The first-order valence-corrected chi connectivity index (χ1v) is 11.9. The second-order valence-corrected chi connectivity index (χ2v) is 9.75. The van der Waals surface area contributed by atoms with Gasteiger partial charge in [-0.2, -0.15) is 0 Å². The van der Waals surface area contributed by atoms with Gasteiger partial charge in [0.25, 0.3) is 5.91 Å². The second kappa shape index (κ2) is 8.95. The number of nitrogens with zero attached hydrogens (tertiary/aromatic N) is 3. The molecule has 5 nitrogen and oxygen atoms in total. The molecular weight excluding hydrogens is 370 g/mol. The van der Waals surface area contributed by atoms with Crippen LogP contribution in [0.5, 0.6) is 0 Å². The Bertz CT molecular complexity index is 655. The van der Waals surface area contributed by atoms with Crippen LogP contribution in [0.1, 0.15) is 55.1 Å². The number of hydrogen-bond donors (Lipinski definition) is 0. The van der Waals surface area contributed by atoms with E-state index in [2.05, 4.69) is 16.7 Å². The molecule has 0 N–H and O–H groups in total. The molecule has 4 rings (SSSR count). The van der Waals surface area contributed by atoms with Gasteiger partial charge in [-0.15, -0.1) is 11.3 Å². The highest BCUT2D eigenvalue weighted by molar-refractivity contribution is 7.12. The van der Waals surface area contributed by atoms with E-state index in [9.17, 15) is 9.59 Å². The van der Waals surface area contributed by atoms with Crippen LogP contribution in [-0.4, -0.2) is 71.8 Å². The fraction of sp³-hybridized carbons (Fsp3) is 0.727. The van der Waals surface area contributed by atoms with Crippen LogP contribution in [0, 0.1) is 11.8 Å². The van der Waals surface area contributed by atoms with Gasteiger partial charge in [0.05, 0.1) is 10.9 Å².